The Morgan fingerprint density at radius 1 is 1.77 bits per heavy atom. The number of rotatable bonds is 5. The lowest BCUT2D eigenvalue weighted by Crippen LogP contribution is -2.43. The lowest BCUT2D eigenvalue weighted by molar-refractivity contribution is -0.131. The van der Waals surface area contributed by atoms with E-state index in [-0.39, 0.29) is 5.91 Å². The first-order valence-electron chi connectivity index (χ1n) is 4.22. The van der Waals surface area contributed by atoms with Crippen LogP contribution in [0.1, 0.15) is 6.42 Å². The topological polar surface area (TPSA) is 58.4 Å². The van der Waals surface area contributed by atoms with E-state index in [9.17, 15) is 4.79 Å². The van der Waals surface area contributed by atoms with Crippen LogP contribution in [-0.4, -0.2) is 44.0 Å². The number of carbonyl (C=O) groups excluding carboxylic acids is 1. The van der Waals surface area contributed by atoms with E-state index in [0.29, 0.717) is 13.0 Å². The molecule has 74 valence electrons. The van der Waals surface area contributed by atoms with Crippen LogP contribution in [0.2, 0.25) is 0 Å². The summed E-state index contributed by atoms with van der Waals surface area (Å²) in [5, 5.41) is 2.95. The van der Waals surface area contributed by atoms with Crippen molar-refractivity contribution in [2.45, 2.75) is 12.5 Å². The molecule has 4 nitrogen and oxygen atoms in total. The van der Waals surface area contributed by atoms with Crippen molar-refractivity contribution in [3.05, 3.63) is 0 Å². The third-order valence-electron chi connectivity index (χ3n) is 1.73. The SMILES string of the molecule is C#CCC(N)C(=O)N(C)CCNC. The van der Waals surface area contributed by atoms with E-state index in [2.05, 4.69) is 11.2 Å². The van der Waals surface area contributed by atoms with Crippen molar-refractivity contribution in [3.63, 3.8) is 0 Å². The number of nitrogens with zero attached hydrogens (tertiary/aromatic N) is 1. The van der Waals surface area contributed by atoms with Gasteiger partial charge in [0.05, 0.1) is 6.04 Å². The number of carbonyl (C=O) groups is 1. The van der Waals surface area contributed by atoms with Crippen LogP contribution in [0.4, 0.5) is 0 Å². The lowest BCUT2D eigenvalue weighted by atomic mass is 10.2. The first kappa shape index (κ1) is 11.9. The second-order valence-electron chi connectivity index (χ2n) is 2.88. The molecule has 0 saturated carbocycles. The van der Waals surface area contributed by atoms with Gasteiger partial charge in [-0.05, 0) is 7.05 Å². The van der Waals surface area contributed by atoms with Crippen LogP contribution in [0, 0.1) is 12.3 Å². The molecule has 1 amide bonds. The van der Waals surface area contributed by atoms with E-state index in [4.69, 9.17) is 12.2 Å². The molecule has 0 aromatic carbocycles. The molecule has 0 bridgehead atoms. The highest BCUT2D eigenvalue weighted by atomic mass is 16.2. The predicted molar refractivity (Wildman–Crippen MR) is 53.0 cm³/mol. The van der Waals surface area contributed by atoms with Crippen molar-refractivity contribution in [1.29, 1.82) is 0 Å². The minimum Gasteiger partial charge on any atom is -0.343 e. The summed E-state index contributed by atoms with van der Waals surface area (Å²) in [5.74, 6) is 2.27. The number of hydrogen-bond donors (Lipinski definition) is 2. The maximum atomic E-state index is 11.4. The Balaban J connectivity index is 3.88. The molecule has 0 aliphatic heterocycles. The highest BCUT2D eigenvalue weighted by Crippen LogP contribution is 1.92. The maximum Gasteiger partial charge on any atom is 0.240 e. The number of nitrogens with two attached hydrogens (primary N) is 1. The molecule has 0 aromatic heterocycles. The maximum absolute atomic E-state index is 11.4. The van der Waals surface area contributed by atoms with Crippen LogP contribution < -0.4 is 11.1 Å². The zero-order chi connectivity index (χ0) is 10.3. The van der Waals surface area contributed by atoms with Gasteiger partial charge in [-0.25, -0.2) is 0 Å². The van der Waals surface area contributed by atoms with Gasteiger partial charge in [0.2, 0.25) is 5.91 Å². The van der Waals surface area contributed by atoms with Crippen molar-refractivity contribution < 1.29 is 4.79 Å². The minimum absolute atomic E-state index is 0.104. The molecule has 0 rings (SSSR count). The molecule has 13 heavy (non-hydrogen) atoms. The summed E-state index contributed by atoms with van der Waals surface area (Å²) in [7, 11) is 3.55. The second-order valence-corrected chi connectivity index (χ2v) is 2.88. The molecule has 0 fully saturated rings. The van der Waals surface area contributed by atoms with Gasteiger partial charge in [0.1, 0.15) is 0 Å². The van der Waals surface area contributed by atoms with Crippen molar-refractivity contribution in [2.24, 2.45) is 5.73 Å². The van der Waals surface area contributed by atoms with E-state index in [1.54, 1.807) is 11.9 Å². The van der Waals surface area contributed by atoms with Crippen molar-refractivity contribution in [1.82, 2.24) is 10.2 Å². The molecule has 1 unspecified atom stereocenters. The van der Waals surface area contributed by atoms with Crippen LogP contribution in [0.25, 0.3) is 0 Å². The molecule has 4 heteroatoms. The van der Waals surface area contributed by atoms with E-state index >= 15 is 0 Å². The zero-order valence-corrected chi connectivity index (χ0v) is 8.21. The van der Waals surface area contributed by atoms with Gasteiger partial charge in [0.15, 0.2) is 0 Å². The quantitative estimate of drug-likeness (QED) is 0.538. The van der Waals surface area contributed by atoms with Crippen LogP contribution >= 0.6 is 0 Å². The Kier molecular flexibility index (Phi) is 5.94. The summed E-state index contributed by atoms with van der Waals surface area (Å²) in [6, 6.07) is -0.563. The van der Waals surface area contributed by atoms with Gasteiger partial charge >= 0.3 is 0 Å². The number of likely N-dealkylation sites (N-methyl/N-ethyl adjacent to an activating group) is 2. The summed E-state index contributed by atoms with van der Waals surface area (Å²) in [4.78, 5) is 13.0. The zero-order valence-electron chi connectivity index (χ0n) is 8.21. The number of amides is 1. The molecule has 0 heterocycles. The Morgan fingerprint density at radius 2 is 2.38 bits per heavy atom. The monoisotopic (exact) mass is 183 g/mol. The summed E-state index contributed by atoms with van der Waals surface area (Å²) < 4.78 is 0. The first-order valence-corrected chi connectivity index (χ1v) is 4.22. The lowest BCUT2D eigenvalue weighted by Gasteiger charge is -2.19. The second kappa shape index (κ2) is 6.46. The van der Waals surface area contributed by atoms with E-state index in [1.165, 1.54) is 0 Å². The fourth-order valence-electron chi connectivity index (χ4n) is 0.887. The van der Waals surface area contributed by atoms with Crippen LogP contribution in [0.5, 0.6) is 0 Å². The van der Waals surface area contributed by atoms with Crippen molar-refractivity contribution >= 4 is 5.91 Å². The molecule has 0 aliphatic carbocycles. The number of terminal acetylenes is 1. The Morgan fingerprint density at radius 3 is 2.85 bits per heavy atom. The molecule has 3 N–H and O–H groups in total. The molecular formula is C9H17N3O. The smallest absolute Gasteiger partial charge is 0.240 e. The van der Waals surface area contributed by atoms with Gasteiger partial charge in [-0.15, -0.1) is 12.3 Å². The third-order valence-corrected chi connectivity index (χ3v) is 1.73. The Labute approximate surface area is 79.5 Å². The first-order chi connectivity index (χ1) is 6.13. The minimum atomic E-state index is -0.563. The average molecular weight is 183 g/mol. The van der Waals surface area contributed by atoms with Gasteiger partial charge in [-0.1, -0.05) is 0 Å². The van der Waals surface area contributed by atoms with Crippen LogP contribution in [0.15, 0.2) is 0 Å². The summed E-state index contributed by atoms with van der Waals surface area (Å²) in [6.45, 7) is 1.40. The molecule has 0 aliphatic rings. The largest absolute Gasteiger partial charge is 0.343 e. The molecule has 0 spiro atoms. The van der Waals surface area contributed by atoms with E-state index in [0.717, 1.165) is 6.54 Å². The standard InChI is InChI=1S/C9H17N3O/c1-4-5-8(10)9(13)12(3)7-6-11-2/h1,8,11H,5-7,10H2,2-3H3. The number of hydrogen-bond acceptors (Lipinski definition) is 3. The summed E-state index contributed by atoms with van der Waals surface area (Å²) >= 11 is 0. The number of nitrogens with one attached hydrogen (secondary N) is 1. The van der Waals surface area contributed by atoms with Gasteiger partial charge in [-0.3, -0.25) is 4.79 Å². The highest BCUT2D eigenvalue weighted by Gasteiger charge is 2.15. The molecule has 0 aromatic rings. The fraction of sp³-hybridized carbons (Fsp3) is 0.667. The Bertz CT molecular complexity index is 198. The predicted octanol–water partition coefficient (Wildman–Crippen LogP) is -0.985. The highest BCUT2D eigenvalue weighted by molar-refractivity contribution is 5.81. The third kappa shape index (κ3) is 4.51. The average Bonchev–Trinajstić information content (AvgIpc) is 2.13. The van der Waals surface area contributed by atoms with Gasteiger partial charge < -0.3 is 16.0 Å². The van der Waals surface area contributed by atoms with Crippen molar-refractivity contribution in [2.75, 3.05) is 27.2 Å². The molecule has 0 radical (unpaired) electrons. The van der Waals surface area contributed by atoms with E-state index < -0.39 is 6.04 Å². The summed E-state index contributed by atoms with van der Waals surface area (Å²) in [6.07, 6.45) is 5.35. The Hall–Kier alpha value is -1.05. The molecular weight excluding hydrogens is 166 g/mol. The van der Waals surface area contributed by atoms with E-state index in [1.807, 2.05) is 7.05 Å². The molecule has 0 saturated heterocycles. The van der Waals surface area contributed by atoms with Gasteiger partial charge in [-0.2, -0.15) is 0 Å². The van der Waals surface area contributed by atoms with Crippen LogP contribution in [-0.2, 0) is 4.79 Å². The van der Waals surface area contributed by atoms with Crippen LogP contribution in [0.3, 0.4) is 0 Å². The van der Waals surface area contributed by atoms with Crippen molar-refractivity contribution in [3.8, 4) is 12.3 Å². The fourth-order valence-corrected chi connectivity index (χ4v) is 0.887. The summed E-state index contributed by atoms with van der Waals surface area (Å²) in [5.41, 5.74) is 5.55. The molecule has 1 atom stereocenters. The van der Waals surface area contributed by atoms with Gasteiger partial charge in [0.25, 0.3) is 0 Å². The normalized spacial score (nSPS) is 11.8. The van der Waals surface area contributed by atoms with Gasteiger partial charge in [0, 0.05) is 26.6 Å².